The molecule has 1 aliphatic carbocycles. The van der Waals surface area contributed by atoms with E-state index in [9.17, 15) is 5.11 Å². The second kappa shape index (κ2) is 5.68. The van der Waals surface area contributed by atoms with E-state index < -0.39 is 0 Å². The molecular formula is C14H30N2O. The highest BCUT2D eigenvalue weighted by Crippen LogP contribution is 2.40. The van der Waals surface area contributed by atoms with Gasteiger partial charge in [-0.25, -0.2) is 0 Å². The van der Waals surface area contributed by atoms with Crippen LogP contribution in [0.1, 0.15) is 53.4 Å². The van der Waals surface area contributed by atoms with E-state index in [1.165, 1.54) is 12.8 Å². The number of rotatable bonds is 5. The molecule has 1 aliphatic rings. The zero-order chi connectivity index (χ0) is 13.1. The van der Waals surface area contributed by atoms with E-state index in [-0.39, 0.29) is 18.1 Å². The molecule has 0 radical (unpaired) electrons. The van der Waals surface area contributed by atoms with Crippen molar-refractivity contribution >= 4 is 0 Å². The molecule has 0 heterocycles. The number of hydrogen-bond acceptors (Lipinski definition) is 3. The lowest BCUT2D eigenvalue weighted by Gasteiger charge is -2.47. The first kappa shape index (κ1) is 14.9. The van der Waals surface area contributed by atoms with E-state index >= 15 is 0 Å². The van der Waals surface area contributed by atoms with Crippen LogP contribution in [0.2, 0.25) is 0 Å². The van der Waals surface area contributed by atoms with Crippen molar-refractivity contribution in [1.29, 1.82) is 0 Å². The monoisotopic (exact) mass is 242 g/mol. The second-order valence-electron chi connectivity index (χ2n) is 6.77. The molecule has 0 amide bonds. The Bertz CT molecular complexity index is 242. The Morgan fingerprint density at radius 2 is 1.94 bits per heavy atom. The van der Waals surface area contributed by atoms with Gasteiger partial charge in [-0.3, -0.25) is 0 Å². The zero-order valence-electron chi connectivity index (χ0n) is 11.9. The van der Waals surface area contributed by atoms with E-state index in [1.54, 1.807) is 0 Å². The van der Waals surface area contributed by atoms with Gasteiger partial charge in [-0.1, -0.05) is 27.2 Å². The van der Waals surface area contributed by atoms with Crippen LogP contribution in [0.15, 0.2) is 0 Å². The Morgan fingerprint density at radius 1 is 1.29 bits per heavy atom. The summed E-state index contributed by atoms with van der Waals surface area (Å²) in [5.41, 5.74) is 6.48. The Hall–Kier alpha value is -0.120. The van der Waals surface area contributed by atoms with Crippen molar-refractivity contribution in [3.05, 3.63) is 0 Å². The van der Waals surface area contributed by atoms with Crippen molar-refractivity contribution in [3.63, 3.8) is 0 Å². The van der Waals surface area contributed by atoms with Crippen LogP contribution in [0.3, 0.4) is 0 Å². The van der Waals surface area contributed by atoms with Gasteiger partial charge in [0.1, 0.15) is 0 Å². The van der Waals surface area contributed by atoms with Crippen LogP contribution in [0, 0.1) is 11.3 Å². The standard InChI is InChI=1S/C14H30N2O/c1-11(8-17)12(2)16-14(10-15)7-5-6-13(3,4)9-14/h11-12,16-17H,5-10,15H2,1-4H3. The van der Waals surface area contributed by atoms with E-state index in [0.29, 0.717) is 18.0 Å². The first-order valence-electron chi connectivity index (χ1n) is 6.93. The molecule has 0 aromatic rings. The topological polar surface area (TPSA) is 58.3 Å². The van der Waals surface area contributed by atoms with Crippen molar-refractivity contribution in [1.82, 2.24) is 5.32 Å². The van der Waals surface area contributed by atoms with Crippen molar-refractivity contribution in [2.75, 3.05) is 13.2 Å². The first-order valence-corrected chi connectivity index (χ1v) is 6.93. The average molecular weight is 242 g/mol. The molecule has 3 heteroatoms. The van der Waals surface area contributed by atoms with Crippen LogP contribution < -0.4 is 11.1 Å². The van der Waals surface area contributed by atoms with Crippen molar-refractivity contribution in [3.8, 4) is 0 Å². The molecule has 0 aliphatic heterocycles. The first-order chi connectivity index (χ1) is 7.84. The fraction of sp³-hybridized carbons (Fsp3) is 1.00. The van der Waals surface area contributed by atoms with Crippen LogP contribution in [-0.2, 0) is 0 Å². The third kappa shape index (κ3) is 3.94. The Kier molecular flexibility index (Phi) is 4.99. The minimum Gasteiger partial charge on any atom is -0.396 e. The second-order valence-corrected chi connectivity index (χ2v) is 6.77. The number of nitrogens with one attached hydrogen (secondary N) is 1. The molecule has 0 saturated heterocycles. The van der Waals surface area contributed by atoms with E-state index in [2.05, 4.69) is 33.0 Å². The van der Waals surface area contributed by atoms with Gasteiger partial charge < -0.3 is 16.2 Å². The number of aliphatic hydroxyl groups is 1. The number of nitrogens with two attached hydrogens (primary N) is 1. The molecule has 0 aromatic heterocycles. The van der Waals surface area contributed by atoms with Gasteiger partial charge >= 0.3 is 0 Å². The minimum atomic E-state index is 0.0740. The molecule has 102 valence electrons. The third-order valence-electron chi connectivity index (χ3n) is 4.39. The zero-order valence-corrected chi connectivity index (χ0v) is 11.9. The average Bonchev–Trinajstić information content (AvgIpc) is 2.26. The van der Waals surface area contributed by atoms with E-state index in [4.69, 9.17) is 5.73 Å². The smallest absolute Gasteiger partial charge is 0.0471 e. The summed E-state index contributed by atoms with van der Waals surface area (Å²) in [4.78, 5) is 0. The fourth-order valence-electron chi connectivity index (χ4n) is 3.14. The Labute approximate surface area is 106 Å². The van der Waals surface area contributed by atoms with Crippen LogP contribution in [0.5, 0.6) is 0 Å². The summed E-state index contributed by atoms with van der Waals surface area (Å²) in [6, 6.07) is 0.317. The van der Waals surface area contributed by atoms with Gasteiger partial charge in [-0.2, -0.15) is 0 Å². The summed E-state index contributed by atoms with van der Waals surface area (Å²) >= 11 is 0. The van der Waals surface area contributed by atoms with Crippen LogP contribution in [0.25, 0.3) is 0 Å². The molecule has 1 fully saturated rings. The third-order valence-corrected chi connectivity index (χ3v) is 4.39. The summed E-state index contributed by atoms with van der Waals surface area (Å²) in [5, 5.41) is 12.9. The van der Waals surface area contributed by atoms with Crippen LogP contribution in [0.4, 0.5) is 0 Å². The molecule has 0 bridgehead atoms. The number of aliphatic hydroxyl groups excluding tert-OH is 1. The molecular weight excluding hydrogens is 212 g/mol. The summed E-state index contributed by atoms with van der Waals surface area (Å²) in [5.74, 6) is 0.281. The van der Waals surface area contributed by atoms with Gasteiger partial charge in [-0.05, 0) is 37.5 Å². The lowest BCUT2D eigenvalue weighted by atomic mass is 9.67. The van der Waals surface area contributed by atoms with Gasteiger partial charge in [0, 0.05) is 24.7 Å². The quantitative estimate of drug-likeness (QED) is 0.690. The summed E-state index contributed by atoms with van der Waals surface area (Å²) in [6.07, 6.45) is 4.84. The highest BCUT2D eigenvalue weighted by Gasteiger charge is 2.39. The maximum atomic E-state index is 9.22. The lowest BCUT2D eigenvalue weighted by molar-refractivity contribution is 0.0980. The predicted molar refractivity (Wildman–Crippen MR) is 72.9 cm³/mol. The van der Waals surface area contributed by atoms with Gasteiger partial charge in [0.2, 0.25) is 0 Å². The molecule has 17 heavy (non-hydrogen) atoms. The van der Waals surface area contributed by atoms with Gasteiger partial charge in [0.05, 0.1) is 0 Å². The number of hydrogen-bond donors (Lipinski definition) is 3. The summed E-state index contributed by atoms with van der Waals surface area (Å²) in [7, 11) is 0. The summed E-state index contributed by atoms with van der Waals surface area (Å²) < 4.78 is 0. The normalized spacial score (nSPS) is 32.1. The SMILES string of the molecule is CC(CO)C(C)NC1(CN)CCCC(C)(C)C1. The van der Waals surface area contributed by atoms with Crippen LogP contribution >= 0.6 is 0 Å². The molecule has 0 spiro atoms. The fourth-order valence-corrected chi connectivity index (χ4v) is 3.14. The summed E-state index contributed by atoms with van der Waals surface area (Å²) in [6.45, 7) is 9.82. The maximum absolute atomic E-state index is 9.22. The largest absolute Gasteiger partial charge is 0.396 e. The van der Waals surface area contributed by atoms with E-state index in [0.717, 1.165) is 12.8 Å². The predicted octanol–water partition coefficient (Wildman–Crippen LogP) is 1.89. The van der Waals surface area contributed by atoms with Gasteiger partial charge in [0.25, 0.3) is 0 Å². The van der Waals surface area contributed by atoms with Crippen molar-refractivity contribution in [2.24, 2.45) is 17.1 Å². The van der Waals surface area contributed by atoms with Gasteiger partial charge in [0.15, 0.2) is 0 Å². The lowest BCUT2D eigenvalue weighted by Crippen LogP contribution is -2.59. The molecule has 3 nitrogen and oxygen atoms in total. The highest BCUT2D eigenvalue weighted by molar-refractivity contribution is 4.99. The molecule has 1 saturated carbocycles. The minimum absolute atomic E-state index is 0.0740. The Balaban J connectivity index is 2.68. The molecule has 4 N–H and O–H groups in total. The molecule has 0 aromatic carbocycles. The highest BCUT2D eigenvalue weighted by atomic mass is 16.3. The van der Waals surface area contributed by atoms with Crippen LogP contribution in [-0.4, -0.2) is 29.8 Å². The van der Waals surface area contributed by atoms with Crippen molar-refractivity contribution < 1.29 is 5.11 Å². The van der Waals surface area contributed by atoms with E-state index in [1.807, 2.05) is 0 Å². The Morgan fingerprint density at radius 3 is 2.41 bits per heavy atom. The van der Waals surface area contributed by atoms with Gasteiger partial charge in [-0.15, -0.1) is 0 Å². The molecule has 3 atom stereocenters. The maximum Gasteiger partial charge on any atom is 0.0471 e. The van der Waals surface area contributed by atoms with Crippen molar-refractivity contribution in [2.45, 2.75) is 65.0 Å². The molecule has 3 unspecified atom stereocenters. The molecule has 1 rings (SSSR count).